The molecule has 3 nitrogen and oxygen atoms in total. The summed E-state index contributed by atoms with van der Waals surface area (Å²) in [6.45, 7) is 0. The largest absolute Gasteiger partial charge is 0.425 e. The number of halogens is 1. The SMILES string of the molecule is COC1(Cc2ccc(Br)cc2)OC(=O)c2ccccc21. The van der Waals surface area contributed by atoms with Crippen molar-refractivity contribution < 1.29 is 14.3 Å². The van der Waals surface area contributed by atoms with Crippen LogP contribution in [0.25, 0.3) is 0 Å². The van der Waals surface area contributed by atoms with E-state index in [-0.39, 0.29) is 5.97 Å². The number of carbonyl (C=O) groups is 1. The molecule has 4 heteroatoms. The van der Waals surface area contributed by atoms with Gasteiger partial charge in [-0.1, -0.05) is 46.3 Å². The minimum atomic E-state index is -1.03. The van der Waals surface area contributed by atoms with E-state index in [0.717, 1.165) is 15.6 Å². The van der Waals surface area contributed by atoms with Gasteiger partial charge in [-0.25, -0.2) is 4.79 Å². The Morgan fingerprint density at radius 2 is 1.85 bits per heavy atom. The van der Waals surface area contributed by atoms with Crippen LogP contribution in [0.4, 0.5) is 0 Å². The topological polar surface area (TPSA) is 35.5 Å². The Kier molecular flexibility index (Phi) is 3.36. The molecular weight excluding hydrogens is 320 g/mol. The number of cyclic esters (lactones) is 1. The van der Waals surface area contributed by atoms with Crippen LogP contribution in [-0.4, -0.2) is 13.1 Å². The van der Waals surface area contributed by atoms with Gasteiger partial charge < -0.3 is 9.47 Å². The fourth-order valence-electron chi connectivity index (χ4n) is 2.48. The second kappa shape index (κ2) is 5.04. The number of fused-ring (bicyclic) bond motifs is 1. The van der Waals surface area contributed by atoms with Crippen molar-refractivity contribution >= 4 is 21.9 Å². The third kappa shape index (κ3) is 2.15. The third-order valence-corrected chi connectivity index (χ3v) is 4.02. The lowest BCUT2D eigenvalue weighted by Crippen LogP contribution is -2.31. The van der Waals surface area contributed by atoms with Crippen LogP contribution in [0.15, 0.2) is 53.0 Å². The Bertz CT molecular complexity index is 651. The van der Waals surface area contributed by atoms with Crippen LogP contribution in [0.1, 0.15) is 21.5 Å². The average Bonchev–Trinajstić information content (AvgIpc) is 2.76. The molecule has 0 amide bonds. The van der Waals surface area contributed by atoms with Gasteiger partial charge in [0.2, 0.25) is 5.79 Å². The first kappa shape index (κ1) is 13.3. The summed E-state index contributed by atoms with van der Waals surface area (Å²) in [4.78, 5) is 12.0. The first-order valence-corrected chi connectivity index (χ1v) is 7.06. The predicted molar refractivity (Wildman–Crippen MR) is 78.4 cm³/mol. The molecule has 0 radical (unpaired) electrons. The lowest BCUT2D eigenvalue weighted by molar-refractivity contribution is -0.185. The summed E-state index contributed by atoms with van der Waals surface area (Å²) in [7, 11) is 1.56. The minimum Gasteiger partial charge on any atom is -0.425 e. The highest BCUT2D eigenvalue weighted by Crippen LogP contribution is 2.39. The van der Waals surface area contributed by atoms with Crippen LogP contribution in [0.3, 0.4) is 0 Å². The number of rotatable bonds is 3. The van der Waals surface area contributed by atoms with Gasteiger partial charge in [0.15, 0.2) is 0 Å². The van der Waals surface area contributed by atoms with E-state index >= 15 is 0 Å². The molecule has 1 atom stereocenters. The molecule has 1 aliphatic heterocycles. The monoisotopic (exact) mass is 332 g/mol. The van der Waals surface area contributed by atoms with Crippen LogP contribution in [0, 0.1) is 0 Å². The number of benzene rings is 2. The maximum Gasteiger partial charge on any atom is 0.341 e. The maximum atomic E-state index is 12.0. The standard InChI is InChI=1S/C16H13BrO3/c1-19-16(10-11-6-8-12(17)9-7-11)14-5-3-2-4-13(14)15(18)20-16/h2-9H,10H2,1H3. The summed E-state index contributed by atoms with van der Waals surface area (Å²) < 4.78 is 12.1. The summed E-state index contributed by atoms with van der Waals surface area (Å²) in [5.74, 6) is -1.36. The molecule has 1 aliphatic rings. The Balaban J connectivity index is 2.01. The summed E-state index contributed by atoms with van der Waals surface area (Å²) in [6.07, 6.45) is 0.486. The predicted octanol–water partition coefficient (Wildman–Crippen LogP) is 3.66. The molecule has 2 aromatic rings. The highest BCUT2D eigenvalue weighted by Gasteiger charge is 2.45. The van der Waals surface area contributed by atoms with Gasteiger partial charge in [-0.3, -0.25) is 0 Å². The zero-order valence-electron chi connectivity index (χ0n) is 10.9. The first-order chi connectivity index (χ1) is 9.64. The Morgan fingerprint density at radius 3 is 2.55 bits per heavy atom. The Morgan fingerprint density at radius 1 is 1.15 bits per heavy atom. The van der Waals surface area contributed by atoms with E-state index in [2.05, 4.69) is 15.9 Å². The molecule has 0 fully saturated rings. The highest BCUT2D eigenvalue weighted by molar-refractivity contribution is 9.10. The maximum absolute atomic E-state index is 12.0. The molecule has 3 rings (SSSR count). The van der Waals surface area contributed by atoms with Crippen LogP contribution in [0.2, 0.25) is 0 Å². The highest BCUT2D eigenvalue weighted by atomic mass is 79.9. The van der Waals surface area contributed by atoms with Gasteiger partial charge in [-0.05, 0) is 23.8 Å². The normalized spacial score (nSPS) is 20.6. The zero-order chi connectivity index (χ0) is 14.2. The number of esters is 1. The van der Waals surface area contributed by atoms with E-state index < -0.39 is 5.79 Å². The zero-order valence-corrected chi connectivity index (χ0v) is 12.5. The van der Waals surface area contributed by atoms with Gasteiger partial charge in [-0.2, -0.15) is 0 Å². The van der Waals surface area contributed by atoms with Crippen molar-refractivity contribution in [2.45, 2.75) is 12.2 Å². The summed E-state index contributed by atoms with van der Waals surface area (Å²) in [5, 5.41) is 0. The number of carbonyl (C=O) groups excluding carboxylic acids is 1. The molecule has 1 heterocycles. The van der Waals surface area contributed by atoms with Crippen molar-refractivity contribution in [2.24, 2.45) is 0 Å². The van der Waals surface area contributed by atoms with Crippen LogP contribution < -0.4 is 0 Å². The Labute approximate surface area is 125 Å². The second-order valence-electron chi connectivity index (χ2n) is 4.70. The summed E-state index contributed by atoms with van der Waals surface area (Å²) in [5.41, 5.74) is 2.40. The second-order valence-corrected chi connectivity index (χ2v) is 5.61. The fourth-order valence-corrected chi connectivity index (χ4v) is 2.74. The molecule has 1 unspecified atom stereocenters. The molecule has 0 bridgehead atoms. The lowest BCUT2D eigenvalue weighted by atomic mass is 9.96. The minimum absolute atomic E-state index is 0.334. The van der Waals surface area contributed by atoms with E-state index in [4.69, 9.17) is 9.47 Å². The third-order valence-electron chi connectivity index (χ3n) is 3.49. The van der Waals surface area contributed by atoms with Gasteiger partial charge in [0, 0.05) is 23.6 Å². The lowest BCUT2D eigenvalue weighted by Gasteiger charge is -2.27. The number of ether oxygens (including phenoxy) is 2. The quantitative estimate of drug-likeness (QED) is 0.804. The van der Waals surface area contributed by atoms with Crippen molar-refractivity contribution in [3.05, 3.63) is 69.7 Å². The van der Waals surface area contributed by atoms with E-state index in [0.29, 0.717) is 12.0 Å². The van der Waals surface area contributed by atoms with E-state index in [1.54, 1.807) is 13.2 Å². The van der Waals surface area contributed by atoms with Crippen molar-refractivity contribution in [1.82, 2.24) is 0 Å². The molecule has 0 saturated heterocycles. The van der Waals surface area contributed by atoms with Crippen molar-refractivity contribution in [3.63, 3.8) is 0 Å². The molecule has 0 saturated carbocycles. The fraction of sp³-hybridized carbons (Fsp3) is 0.188. The molecule has 102 valence electrons. The molecule has 0 N–H and O–H groups in total. The van der Waals surface area contributed by atoms with Gasteiger partial charge in [0.1, 0.15) is 0 Å². The molecular formula is C16H13BrO3. The summed E-state index contributed by atoms with van der Waals surface area (Å²) in [6, 6.07) is 15.2. The number of hydrogen-bond acceptors (Lipinski definition) is 3. The van der Waals surface area contributed by atoms with Gasteiger partial charge in [-0.15, -0.1) is 0 Å². The number of hydrogen-bond donors (Lipinski definition) is 0. The van der Waals surface area contributed by atoms with Crippen LogP contribution in [0.5, 0.6) is 0 Å². The summed E-state index contributed by atoms with van der Waals surface area (Å²) >= 11 is 3.41. The molecule has 2 aromatic carbocycles. The molecule has 0 aliphatic carbocycles. The van der Waals surface area contributed by atoms with Gasteiger partial charge in [0.05, 0.1) is 5.56 Å². The van der Waals surface area contributed by atoms with Crippen molar-refractivity contribution in [1.29, 1.82) is 0 Å². The Hall–Kier alpha value is -1.65. The molecule has 0 spiro atoms. The molecule has 20 heavy (non-hydrogen) atoms. The number of methoxy groups -OCH3 is 1. The van der Waals surface area contributed by atoms with E-state index in [1.807, 2.05) is 42.5 Å². The smallest absolute Gasteiger partial charge is 0.341 e. The van der Waals surface area contributed by atoms with E-state index in [1.165, 1.54) is 0 Å². The average molecular weight is 333 g/mol. The first-order valence-electron chi connectivity index (χ1n) is 6.27. The van der Waals surface area contributed by atoms with Gasteiger partial charge in [0.25, 0.3) is 0 Å². The van der Waals surface area contributed by atoms with Gasteiger partial charge >= 0.3 is 5.97 Å². The van der Waals surface area contributed by atoms with Crippen LogP contribution >= 0.6 is 15.9 Å². The van der Waals surface area contributed by atoms with Crippen molar-refractivity contribution in [3.8, 4) is 0 Å². The van der Waals surface area contributed by atoms with Crippen molar-refractivity contribution in [2.75, 3.05) is 7.11 Å². The molecule has 0 aromatic heterocycles. The van der Waals surface area contributed by atoms with Crippen LogP contribution in [-0.2, 0) is 21.7 Å². The van der Waals surface area contributed by atoms with E-state index in [9.17, 15) is 4.79 Å².